The number of nitrogens with one attached hydrogen (secondary N) is 1. The van der Waals surface area contributed by atoms with Gasteiger partial charge in [0.25, 0.3) is 0 Å². The average molecular weight is 514 g/mol. The van der Waals surface area contributed by atoms with E-state index in [1.807, 2.05) is 47.2 Å². The van der Waals surface area contributed by atoms with E-state index in [9.17, 15) is 4.79 Å². The van der Waals surface area contributed by atoms with Gasteiger partial charge in [0.15, 0.2) is 5.96 Å². The minimum atomic E-state index is 0. The number of nitrogens with zero attached hydrogens (tertiary/aromatic N) is 3. The van der Waals surface area contributed by atoms with Gasteiger partial charge in [-0.2, -0.15) is 0 Å². The minimum Gasteiger partial charge on any atom is -0.492 e. The zero-order valence-electron chi connectivity index (χ0n) is 16.3. The van der Waals surface area contributed by atoms with Crippen molar-refractivity contribution in [1.82, 2.24) is 15.1 Å². The van der Waals surface area contributed by atoms with Crippen molar-refractivity contribution in [1.29, 1.82) is 0 Å². The number of rotatable bonds is 6. The van der Waals surface area contributed by atoms with Gasteiger partial charge in [-0.1, -0.05) is 18.2 Å². The summed E-state index contributed by atoms with van der Waals surface area (Å²) in [6.45, 7) is 2.95. The Morgan fingerprint density at radius 1 is 1.32 bits per heavy atom. The molecule has 0 radical (unpaired) electrons. The number of likely N-dealkylation sites (N-methyl/N-ethyl adjacent to an activating group) is 1. The van der Waals surface area contributed by atoms with E-state index in [4.69, 9.17) is 4.74 Å². The number of para-hydroxylation sites is 1. The number of amides is 1. The summed E-state index contributed by atoms with van der Waals surface area (Å²) in [4.78, 5) is 22.1. The van der Waals surface area contributed by atoms with Crippen LogP contribution in [0, 0.1) is 0 Å². The van der Waals surface area contributed by atoms with Gasteiger partial charge in [0.05, 0.1) is 13.1 Å². The molecule has 0 saturated heterocycles. The molecule has 1 aliphatic heterocycles. The van der Waals surface area contributed by atoms with Gasteiger partial charge in [-0.25, -0.2) is 0 Å². The van der Waals surface area contributed by atoms with Crippen molar-refractivity contribution in [3.8, 4) is 5.75 Å². The van der Waals surface area contributed by atoms with Crippen LogP contribution in [0.1, 0.15) is 10.4 Å². The summed E-state index contributed by atoms with van der Waals surface area (Å²) in [6, 6.07) is 11.8. The summed E-state index contributed by atoms with van der Waals surface area (Å²) in [5.41, 5.74) is 1.28. The summed E-state index contributed by atoms with van der Waals surface area (Å²) in [6.07, 6.45) is 0.949. The molecule has 28 heavy (non-hydrogen) atoms. The van der Waals surface area contributed by atoms with Gasteiger partial charge in [-0.15, -0.1) is 35.3 Å². The molecule has 0 spiro atoms. The smallest absolute Gasteiger partial charge is 0.242 e. The highest BCUT2D eigenvalue weighted by atomic mass is 127. The van der Waals surface area contributed by atoms with Crippen LogP contribution in [-0.4, -0.2) is 62.0 Å². The second kappa shape index (κ2) is 11.3. The Kier molecular flexibility index (Phi) is 9.04. The normalized spacial score (nSPS) is 13.4. The molecule has 0 saturated carbocycles. The maximum atomic E-state index is 12.5. The molecule has 152 valence electrons. The highest BCUT2D eigenvalue weighted by Gasteiger charge is 2.21. The number of thiophene rings is 1. The van der Waals surface area contributed by atoms with Crippen molar-refractivity contribution in [2.45, 2.75) is 13.0 Å². The first-order chi connectivity index (χ1) is 13.2. The lowest BCUT2D eigenvalue weighted by Crippen LogP contribution is -2.47. The van der Waals surface area contributed by atoms with E-state index in [0.717, 1.165) is 18.7 Å². The van der Waals surface area contributed by atoms with Crippen molar-refractivity contribution in [3.05, 3.63) is 52.2 Å². The highest BCUT2D eigenvalue weighted by Crippen LogP contribution is 2.23. The van der Waals surface area contributed by atoms with Crippen molar-refractivity contribution < 1.29 is 9.53 Å². The molecule has 0 fully saturated rings. The largest absolute Gasteiger partial charge is 0.492 e. The predicted octanol–water partition coefficient (Wildman–Crippen LogP) is 2.84. The molecule has 3 rings (SSSR count). The zero-order chi connectivity index (χ0) is 19.1. The first-order valence-electron chi connectivity index (χ1n) is 9.10. The second-order valence-electron chi connectivity index (χ2n) is 6.42. The number of fused-ring (bicyclic) bond motifs is 1. The Bertz CT molecular complexity index is 782. The van der Waals surface area contributed by atoms with Crippen LogP contribution in [0.3, 0.4) is 0 Å². The van der Waals surface area contributed by atoms with Crippen LogP contribution in [0.4, 0.5) is 0 Å². The monoisotopic (exact) mass is 514 g/mol. The molecule has 0 bridgehead atoms. The summed E-state index contributed by atoms with van der Waals surface area (Å²) in [5.74, 6) is 1.64. The van der Waals surface area contributed by atoms with Crippen molar-refractivity contribution >= 4 is 47.2 Å². The zero-order valence-corrected chi connectivity index (χ0v) is 19.4. The van der Waals surface area contributed by atoms with Gasteiger partial charge in [0.2, 0.25) is 5.91 Å². The molecule has 1 aromatic heterocycles. The number of hydrogen-bond acceptors (Lipinski definition) is 4. The first-order valence-corrected chi connectivity index (χ1v) is 9.98. The fourth-order valence-electron chi connectivity index (χ4n) is 3.04. The Hall–Kier alpha value is -1.81. The van der Waals surface area contributed by atoms with E-state index < -0.39 is 0 Å². The third-order valence-electron chi connectivity index (χ3n) is 4.57. The number of ether oxygens (including phenoxy) is 1. The molecule has 0 atom stereocenters. The number of carbonyl (C=O) groups is 1. The molecule has 2 heterocycles. The van der Waals surface area contributed by atoms with Crippen LogP contribution in [-0.2, 0) is 17.8 Å². The van der Waals surface area contributed by atoms with Crippen molar-refractivity contribution in [2.24, 2.45) is 4.99 Å². The van der Waals surface area contributed by atoms with Gasteiger partial charge < -0.3 is 19.9 Å². The molecule has 6 nitrogen and oxygen atoms in total. The summed E-state index contributed by atoms with van der Waals surface area (Å²) in [7, 11) is 3.66. The lowest BCUT2D eigenvalue weighted by molar-refractivity contribution is -0.130. The van der Waals surface area contributed by atoms with E-state index in [-0.39, 0.29) is 36.4 Å². The first kappa shape index (κ1) is 22.5. The Morgan fingerprint density at radius 2 is 2.11 bits per heavy atom. The Morgan fingerprint density at radius 3 is 2.86 bits per heavy atom. The molecule has 1 aromatic carbocycles. The molecule has 1 N–H and O–H groups in total. The maximum absolute atomic E-state index is 12.5. The number of carbonyl (C=O) groups excluding carboxylic acids is 1. The average Bonchev–Trinajstić information content (AvgIpc) is 3.17. The number of hydrogen-bond donors (Lipinski definition) is 1. The fourth-order valence-corrected chi connectivity index (χ4v) is 3.93. The molecule has 0 aliphatic carbocycles. The van der Waals surface area contributed by atoms with E-state index in [2.05, 4.69) is 21.8 Å². The van der Waals surface area contributed by atoms with Gasteiger partial charge in [-0.3, -0.25) is 9.79 Å². The van der Waals surface area contributed by atoms with Gasteiger partial charge in [0, 0.05) is 32.1 Å². The fraction of sp³-hybridized carbons (Fsp3) is 0.400. The van der Waals surface area contributed by atoms with Crippen LogP contribution < -0.4 is 10.1 Å². The second-order valence-corrected chi connectivity index (χ2v) is 7.42. The molecule has 8 heteroatoms. The van der Waals surface area contributed by atoms with E-state index in [1.54, 1.807) is 18.4 Å². The highest BCUT2D eigenvalue weighted by molar-refractivity contribution is 14.0. The molecular formula is C20H27IN4O2S. The van der Waals surface area contributed by atoms with Crippen LogP contribution in [0.5, 0.6) is 5.75 Å². The van der Waals surface area contributed by atoms with Gasteiger partial charge >= 0.3 is 0 Å². The topological polar surface area (TPSA) is 57.2 Å². The van der Waals surface area contributed by atoms with Crippen LogP contribution in [0.2, 0.25) is 0 Å². The van der Waals surface area contributed by atoms with E-state index in [0.29, 0.717) is 25.7 Å². The molecule has 0 unspecified atom stereocenters. The SMILES string of the molecule is CN=C(NCC(=O)N1CCc2sccc2C1)N(C)CCOc1ccccc1.I. The summed E-state index contributed by atoms with van der Waals surface area (Å²) in [5, 5.41) is 5.27. The van der Waals surface area contributed by atoms with Crippen LogP contribution in [0.25, 0.3) is 0 Å². The Labute approximate surface area is 187 Å². The number of aliphatic imine (C=N–C) groups is 1. The summed E-state index contributed by atoms with van der Waals surface area (Å²) >= 11 is 1.78. The van der Waals surface area contributed by atoms with Crippen molar-refractivity contribution in [2.75, 3.05) is 40.3 Å². The molecule has 2 aromatic rings. The predicted molar refractivity (Wildman–Crippen MR) is 125 cm³/mol. The van der Waals surface area contributed by atoms with Gasteiger partial charge in [-0.05, 0) is 35.6 Å². The maximum Gasteiger partial charge on any atom is 0.242 e. The molecule has 1 aliphatic rings. The van der Waals surface area contributed by atoms with E-state index in [1.165, 1.54) is 10.4 Å². The lowest BCUT2D eigenvalue weighted by Gasteiger charge is -2.28. The van der Waals surface area contributed by atoms with E-state index >= 15 is 0 Å². The van der Waals surface area contributed by atoms with Crippen molar-refractivity contribution in [3.63, 3.8) is 0 Å². The number of guanidine groups is 1. The number of benzene rings is 1. The summed E-state index contributed by atoms with van der Waals surface area (Å²) < 4.78 is 5.72. The minimum absolute atomic E-state index is 0. The van der Waals surface area contributed by atoms with Crippen LogP contribution >= 0.6 is 35.3 Å². The van der Waals surface area contributed by atoms with Crippen LogP contribution in [0.15, 0.2) is 46.8 Å². The Balaban J connectivity index is 0.00000280. The molecule has 1 amide bonds. The lowest BCUT2D eigenvalue weighted by atomic mass is 10.1. The quantitative estimate of drug-likeness (QED) is 0.366. The third-order valence-corrected chi connectivity index (χ3v) is 5.59. The third kappa shape index (κ3) is 6.10. The molecular weight excluding hydrogens is 487 g/mol. The van der Waals surface area contributed by atoms with Gasteiger partial charge in [0.1, 0.15) is 12.4 Å². The standard InChI is InChI=1S/C20H26N4O2S.HI/c1-21-20(23(2)11-12-26-17-6-4-3-5-7-17)22-14-19(25)24-10-8-18-16(15-24)9-13-27-18;/h3-7,9,13H,8,10-12,14-15H2,1-2H3,(H,21,22);1H. The number of halogens is 1.